The number of ketones is 1. The number of anilines is 1. The maximum atomic E-state index is 11.1. The summed E-state index contributed by atoms with van der Waals surface area (Å²) >= 11 is 6.10. The maximum absolute atomic E-state index is 11.1. The van der Waals surface area contributed by atoms with Crippen LogP contribution in [-0.4, -0.2) is 18.9 Å². The van der Waals surface area contributed by atoms with Gasteiger partial charge in [0.2, 0.25) is 0 Å². The van der Waals surface area contributed by atoms with Gasteiger partial charge in [0.25, 0.3) is 0 Å². The molecule has 1 fully saturated rings. The fourth-order valence-electron chi connectivity index (χ4n) is 1.83. The molecule has 0 atom stereocenters. The van der Waals surface area contributed by atoms with E-state index < -0.39 is 0 Å². The van der Waals surface area contributed by atoms with Crippen LogP contribution in [0.4, 0.5) is 5.69 Å². The number of benzene rings is 1. The fourth-order valence-corrected chi connectivity index (χ4v) is 2.13. The summed E-state index contributed by atoms with van der Waals surface area (Å²) in [5.41, 5.74) is 1.47. The highest BCUT2D eigenvalue weighted by atomic mass is 35.5. The van der Waals surface area contributed by atoms with Crippen LogP contribution in [0.15, 0.2) is 18.2 Å². The summed E-state index contributed by atoms with van der Waals surface area (Å²) in [5.74, 6) is 0.306. The van der Waals surface area contributed by atoms with Crippen molar-refractivity contribution in [1.82, 2.24) is 0 Å². The lowest BCUT2D eigenvalue weighted by atomic mass is 10.1. The van der Waals surface area contributed by atoms with Gasteiger partial charge in [0.1, 0.15) is 5.78 Å². The van der Waals surface area contributed by atoms with Crippen molar-refractivity contribution in [3.05, 3.63) is 28.8 Å². The number of nitrogens with zero attached hydrogens (tertiary/aromatic N) is 2. The molecule has 0 aromatic heterocycles. The molecule has 0 amide bonds. The molecule has 0 bridgehead atoms. The van der Waals surface area contributed by atoms with Gasteiger partial charge in [0.15, 0.2) is 0 Å². The summed E-state index contributed by atoms with van der Waals surface area (Å²) in [6, 6.07) is 7.30. The molecule has 1 heterocycles. The predicted octanol–water partition coefficient (Wildman–Crippen LogP) is 2.38. The quantitative estimate of drug-likeness (QED) is 0.750. The second kappa shape index (κ2) is 4.54. The maximum Gasteiger partial charge on any atom is 0.136 e. The Bertz CT molecular complexity index is 455. The normalized spacial score (nSPS) is 16.0. The van der Waals surface area contributed by atoms with Gasteiger partial charge in [0.05, 0.1) is 22.3 Å². The Hall–Kier alpha value is -1.53. The zero-order valence-corrected chi connectivity index (χ0v) is 9.50. The summed E-state index contributed by atoms with van der Waals surface area (Å²) in [6.07, 6.45) is 1.16. The SMILES string of the molecule is N#Cc1ccc(N2CCC(=O)CC2)c(Cl)c1. The molecule has 2 rings (SSSR count). The van der Waals surface area contributed by atoms with Crippen molar-refractivity contribution in [2.24, 2.45) is 0 Å². The highest BCUT2D eigenvalue weighted by Gasteiger charge is 2.18. The molecule has 1 aliphatic heterocycles. The molecule has 1 aliphatic rings. The van der Waals surface area contributed by atoms with E-state index >= 15 is 0 Å². The van der Waals surface area contributed by atoms with Crippen molar-refractivity contribution >= 4 is 23.1 Å². The minimum atomic E-state index is 0.306. The van der Waals surface area contributed by atoms with Gasteiger partial charge in [0, 0.05) is 25.9 Å². The van der Waals surface area contributed by atoms with Gasteiger partial charge in [-0.05, 0) is 18.2 Å². The molecule has 3 nitrogen and oxygen atoms in total. The van der Waals surface area contributed by atoms with Crippen molar-refractivity contribution in [3.8, 4) is 6.07 Å². The summed E-state index contributed by atoms with van der Waals surface area (Å²) in [7, 11) is 0. The Kier molecular flexibility index (Phi) is 3.12. The Morgan fingerprint density at radius 3 is 2.56 bits per heavy atom. The molecule has 1 saturated heterocycles. The number of rotatable bonds is 1. The van der Waals surface area contributed by atoms with Crippen LogP contribution < -0.4 is 4.90 Å². The third-order valence-corrected chi connectivity index (χ3v) is 3.04. The minimum Gasteiger partial charge on any atom is -0.369 e. The zero-order valence-electron chi connectivity index (χ0n) is 8.74. The Morgan fingerprint density at radius 1 is 1.31 bits per heavy atom. The zero-order chi connectivity index (χ0) is 11.5. The van der Waals surface area contributed by atoms with E-state index in [0.29, 0.717) is 42.3 Å². The molecular formula is C12H11ClN2O. The number of Topliss-reactive ketones (excluding diaryl/α,β-unsaturated/α-hetero) is 1. The molecule has 0 spiro atoms. The highest BCUT2D eigenvalue weighted by molar-refractivity contribution is 6.33. The van der Waals surface area contributed by atoms with Crippen LogP contribution in [0.1, 0.15) is 18.4 Å². The lowest BCUT2D eigenvalue weighted by Crippen LogP contribution is -2.33. The van der Waals surface area contributed by atoms with E-state index in [4.69, 9.17) is 16.9 Å². The molecular weight excluding hydrogens is 224 g/mol. The van der Waals surface area contributed by atoms with E-state index in [1.54, 1.807) is 12.1 Å². The molecule has 16 heavy (non-hydrogen) atoms. The Morgan fingerprint density at radius 2 is 2.00 bits per heavy atom. The van der Waals surface area contributed by atoms with Crippen LogP contribution in [0.2, 0.25) is 5.02 Å². The van der Waals surface area contributed by atoms with Crippen molar-refractivity contribution in [3.63, 3.8) is 0 Å². The van der Waals surface area contributed by atoms with E-state index in [1.807, 2.05) is 12.1 Å². The second-order valence-electron chi connectivity index (χ2n) is 3.80. The number of carbonyl (C=O) groups is 1. The third kappa shape index (κ3) is 2.17. The van der Waals surface area contributed by atoms with Gasteiger partial charge in [-0.25, -0.2) is 0 Å². The number of piperidine rings is 1. The van der Waals surface area contributed by atoms with Gasteiger partial charge >= 0.3 is 0 Å². The van der Waals surface area contributed by atoms with Crippen LogP contribution in [0.25, 0.3) is 0 Å². The summed E-state index contributed by atoms with van der Waals surface area (Å²) in [5, 5.41) is 9.31. The van der Waals surface area contributed by atoms with Crippen LogP contribution in [0.5, 0.6) is 0 Å². The van der Waals surface area contributed by atoms with Crippen molar-refractivity contribution in [2.45, 2.75) is 12.8 Å². The first-order valence-electron chi connectivity index (χ1n) is 5.17. The molecule has 4 heteroatoms. The van der Waals surface area contributed by atoms with E-state index in [2.05, 4.69) is 4.90 Å². The molecule has 0 unspecified atom stereocenters. The van der Waals surface area contributed by atoms with E-state index in [9.17, 15) is 4.79 Å². The molecule has 1 aromatic carbocycles. The Balaban J connectivity index is 2.21. The molecule has 1 aromatic rings. The van der Waals surface area contributed by atoms with E-state index in [1.165, 1.54) is 0 Å². The summed E-state index contributed by atoms with van der Waals surface area (Å²) in [6.45, 7) is 1.43. The number of halogens is 1. The average Bonchev–Trinajstić information content (AvgIpc) is 2.30. The lowest BCUT2D eigenvalue weighted by Gasteiger charge is -2.28. The van der Waals surface area contributed by atoms with Gasteiger partial charge in [-0.2, -0.15) is 5.26 Å². The topological polar surface area (TPSA) is 44.1 Å². The van der Waals surface area contributed by atoms with Crippen molar-refractivity contribution in [2.75, 3.05) is 18.0 Å². The van der Waals surface area contributed by atoms with E-state index in [0.717, 1.165) is 5.69 Å². The fraction of sp³-hybridized carbons (Fsp3) is 0.333. The monoisotopic (exact) mass is 234 g/mol. The molecule has 0 saturated carbocycles. The van der Waals surface area contributed by atoms with Gasteiger partial charge in [-0.15, -0.1) is 0 Å². The van der Waals surface area contributed by atoms with Gasteiger partial charge in [-0.3, -0.25) is 4.79 Å². The Labute approximate surface area is 99.2 Å². The van der Waals surface area contributed by atoms with Crippen molar-refractivity contribution < 1.29 is 4.79 Å². The largest absolute Gasteiger partial charge is 0.369 e. The lowest BCUT2D eigenvalue weighted by molar-refractivity contribution is -0.119. The number of carbonyl (C=O) groups excluding carboxylic acids is 1. The summed E-state index contributed by atoms with van der Waals surface area (Å²) in [4.78, 5) is 13.2. The molecule has 82 valence electrons. The predicted molar refractivity (Wildman–Crippen MR) is 62.6 cm³/mol. The van der Waals surface area contributed by atoms with E-state index in [-0.39, 0.29) is 0 Å². The van der Waals surface area contributed by atoms with Gasteiger partial charge < -0.3 is 4.90 Å². The first-order valence-corrected chi connectivity index (χ1v) is 5.55. The summed E-state index contributed by atoms with van der Waals surface area (Å²) < 4.78 is 0. The van der Waals surface area contributed by atoms with Crippen LogP contribution in [-0.2, 0) is 4.79 Å². The van der Waals surface area contributed by atoms with Crippen LogP contribution in [0, 0.1) is 11.3 Å². The van der Waals surface area contributed by atoms with Gasteiger partial charge in [-0.1, -0.05) is 11.6 Å². The number of nitriles is 1. The first-order chi connectivity index (χ1) is 7.70. The smallest absolute Gasteiger partial charge is 0.136 e. The number of hydrogen-bond acceptors (Lipinski definition) is 3. The minimum absolute atomic E-state index is 0.306. The van der Waals surface area contributed by atoms with Crippen LogP contribution in [0.3, 0.4) is 0 Å². The molecule has 0 N–H and O–H groups in total. The standard InChI is InChI=1S/C12H11ClN2O/c13-11-7-9(8-14)1-2-12(11)15-5-3-10(16)4-6-15/h1-2,7H,3-6H2. The van der Waals surface area contributed by atoms with Crippen molar-refractivity contribution in [1.29, 1.82) is 5.26 Å². The van der Waals surface area contributed by atoms with Crippen LogP contribution >= 0.6 is 11.6 Å². The molecule has 0 radical (unpaired) electrons. The molecule has 0 aliphatic carbocycles. The third-order valence-electron chi connectivity index (χ3n) is 2.74. The number of hydrogen-bond donors (Lipinski definition) is 0. The average molecular weight is 235 g/mol. The second-order valence-corrected chi connectivity index (χ2v) is 4.21. The highest BCUT2D eigenvalue weighted by Crippen LogP contribution is 2.28. The first kappa shape index (κ1) is 11.0.